The molecule has 1 atom stereocenters. The summed E-state index contributed by atoms with van der Waals surface area (Å²) in [4.78, 5) is 27.5. The second-order valence-electron chi connectivity index (χ2n) is 7.48. The molecule has 0 bridgehead atoms. The molecule has 1 fully saturated rings. The largest absolute Gasteiger partial charge is 0.375 e. The van der Waals surface area contributed by atoms with Crippen molar-refractivity contribution in [1.29, 1.82) is 0 Å². The number of aliphatic hydroxyl groups is 1. The van der Waals surface area contributed by atoms with Crippen LogP contribution in [0.4, 0.5) is 11.6 Å². The van der Waals surface area contributed by atoms with Crippen molar-refractivity contribution in [2.24, 2.45) is 0 Å². The van der Waals surface area contributed by atoms with Crippen molar-refractivity contribution in [2.75, 3.05) is 18.9 Å². The molecule has 5 rings (SSSR count). The molecule has 1 aromatic carbocycles. The van der Waals surface area contributed by atoms with E-state index in [9.17, 15) is 9.90 Å². The van der Waals surface area contributed by atoms with Gasteiger partial charge in [0.1, 0.15) is 10.7 Å². The highest BCUT2D eigenvalue weighted by atomic mass is 32.1. The maximum Gasteiger partial charge on any atom is 0.258 e. The third-order valence-corrected chi connectivity index (χ3v) is 6.25. The Morgan fingerprint density at radius 2 is 2.03 bits per heavy atom. The van der Waals surface area contributed by atoms with Crippen LogP contribution in [-0.4, -0.2) is 54.7 Å². The van der Waals surface area contributed by atoms with Gasteiger partial charge < -0.3 is 15.3 Å². The van der Waals surface area contributed by atoms with Crippen molar-refractivity contribution < 1.29 is 9.90 Å². The topological polar surface area (TPSA) is 117 Å². The van der Waals surface area contributed by atoms with Crippen molar-refractivity contribution in [1.82, 2.24) is 30.0 Å². The Morgan fingerprint density at radius 1 is 1.12 bits per heavy atom. The lowest BCUT2D eigenvalue weighted by Gasteiger charge is -2.21. The van der Waals surface area contributed by atoms with E-state index >= 15 is 0 Å². The van der Waals surface area contributed by atoms with E-state index in [0.29, 0.717) is 35.9 Å². The fourth-order valence-electron chi connectivity index (χ4n) is 3.61. The number of thiazole rings is 1. The van der Waals surface area contributed by atoms with E-state index in [1.807, 2.05) is 23.6 Å². The van der Waals surface area contributed by atoms with Gasteiger partial charge in [-0.15, -0.1) is 11.3 Å². The highest BCUT2D eigenvalue weighted by Gasteiger charge is 2.45. The van der Waals surface area contributed by atoms with Crippen molar-refractivity contribution in [3.8, 4) is 22.0 Å². The Hall–Kier alpha value is -3.76. The number of hydrogen-bond donors (Lipinski definition) is 2. The standard InChI is InChI=1S/C22H19N7O2S/c1-29-10-7-22(31,20(29)30)15-4-2-3-14(11-15)19-27-18(13-32-19)17-6-8-23-21(28-17)26-16-5-9-24-25-12-16/h2-6,8-9,11-13,31H,7,10H2,1H3,(H,23,24,26,28)/t22-/m1/s1. The minimum absolute atomic E-state index is 0.278. The Bertz CT molecular complexity index is 1280. The molecule has 4 aromatic rings. The van der Waals surface area contributed by atoms with Crippen molar-refractivity contribution in [3.63, 3.8) is 0 Å². The molecule has 0 aliphatic carbocycles. The number of anilines is 2. The molecule has 2 N–H and O–H groups in total. The first-order chi connectivity index (χ1) is 15.5. The molecule has 10 heteroatoms. The van der Waals surface area contributed by atoms with E-state index in [1.165, 1.54) is 11.3 Å². The fourth-order valence-corrected chi connectivity index (χ4v) is 4.42. The van der Waals surface area contributed by atoms with Crippen LogP contribution in [0, 0.1) is 0 Å². The molecule has 32 heavy (non-hydrogen) atoms. The van der Waals surface area contributed by atoms with E-state index in [0.717, 1.165) is 16.3 Å². The van der Waals surface area contributed by atoms with E-state index < -0.39 is 5.60 Å². The number of carbonyl (C=O) groups excluding carboxylic acids is 1. The van der Waals surface area contributed by atoms with E-state index in [-0.39, 0.29) is 5.91 Å². The Morgan fingerprint density at radius 3 is 2.81 bits per heavy atom. The number of hydrogen-bond acceptors (Lipinski definition) is 9. The van der Waals surface area contributed by atoms with Gasteiger partial charge in [-0.25, -0.2) is 15.0 Å². The third-order valence-electron chi connectivity index (χ3n) is 5.36. The highest BCUT2D eigenvalue weighted by molar-refractivity contribution is 7.13. The fraction of sp³-hybridized carbons (Fsp3) is 0.182. The van der Waals surface area contributed by atoms with Gasteiger partial charge in [0.15, 0.2) is 5.60 Å². The maximum atomic E-state index is 12.5. The summed E-state index contributed by atoms with van der Waals surface area (Å²) in [5.74, 6) is 0.151. The number of carbonyl (C=O) groups is 1. The highest BCUT2D eigenvalue weighted by Crippen LogP contribution is 2.36. The van der Waals surface area contributed by atoms with E-state index in [4.69, 9.17) is 4.98 Å². The number of likely N-dealkylation sites (tertiary alicyclic amines) is 1. The zero-order valence-corrected chi connectivity index (χ0v) is 18.0. The zero-order valence-electron chi connectivity index (χ0n) is 17.1. The van der Waals surface area contributed by atoms with Crippen LogP contribution < -0.4 is 5.32 Å². The molecule has 0 unspecified atom stereocenters. The normalized spacial score (nSPS) is 18.2. The third kappa shape index (κ3) is 3.70. The summed E-state index contributed by atoms with van der Waals surface area (Å²) in [5, 5.41) is 24.3. The van der Waals surface area contributed by atoms with Crippen molar-refractivity contribution in [2.45, 2.75) is 12.0 Å². The van der Waals surface area contributed by atoms with Gasteiger partial charge in [-0.05, 0) is 23.8 Å². The monoisotopic (exact) mass is 445 g/mol. The molecule has 0 radical (unpaired) electrons. The minimum Gasteiger partial charge on any atom is -0.375 e. The van der Waals surface area contributed by atoms with Gasteiger partial charge in [-0.3, -0.25) is 4.79 Å². The average molecular weight is 446 g/mol. The predicted molar refractivity (Wildman–Crippen MR) is 120 cm³/mol. The summed E-state index contributed by atoms with van der Waals surface area (Å²) >= 11 is 1.47. The van der Waals surface area contributed by atoms with Crippen molar-refractivity contribution in [3.05, 3.63) is 65.9 Å². The van der Waals surface area contributed by atoms with Crippen LogP contribution in [0.15, 0.2) is 60.4 Å². The van der Waals surface area contributed by atoms with Crippen LogP contribution in [0.5, 0.6) is 0 Å². The molecule has 4 heterocycles. The molecule has 0 spiro atoms. The van der Waals surface area contributed by atoms with Crippen LogP contribution in [-0.2, 0) is 10.4 Å². The lowest BCUT2D eigenvalue weighted by Crippen LogP contribution is -2.36. The Balaban J connectivity index is 1.41. The molecule has 1 amide bonds. The summed E-state index contributed by atoms with van der Waals surface area (Å²) in [6, 6.07) is 10.9. The molecular weight excluding hydrogens is 426 g/mol. The van der Waals surface area contributed by atoms with Crippen LogP contribution in [0.1, 0.15) is 12.0 Å². The van der Waals surface area contributed by atoms with E-state index in [2.05, 4.69) is 25.5 Å². The van der Waals surface area contributed by atoms with Gasteiger partial charge in [-0.1, -0.05) is 18.2 Å². The lowest BCUT2D eigenvalue weighted by atomic mass is 9.91. The zero-order chi connectivity index (χ0) is 22.1. The number of rotatable bonds is 5. The summed E-state index contributed by atoms with van der Waals surface area (Å²) in [7, 11) is 1.70. The summed E-state index contributed by atoms with van der Waals surface area (Å²) in [6.45, 7) is 0.528. The lowest BCUT2D eigenvalue weighted by molar-refractivity contribution is -0.143. The molecule has 0 saturated carbocycles. The second kappa shape index (κ2) is 8.06. The Labute approximate surface area is 187 Å². The summed E-state index contributed by atoms with van der Waals surface area (Å²) in [5.41, 5.74) is 2.06. The first kappa shape index (κ1) is 20.2. The maximum absolute atomic E-state index is 12.5. The second-order valence-corrected chi connectivity index (χ2v) is 8.34. The first-order valence-electron chi connectivity index (χ1n) is 9.94. The smallest absolute Gasteiger partial charge is 0.258 e. The average Bonchev–Trinajstić information content (AvgIpc) is 3.42. The van der Waals surface area contributed by atoms with Crippen molar-refractivity contribution >= 4 is 28.9 Å². The number of nitrogens with zero attached hydrogens (tertiary/aromatic N) is 6. The van der Waals surface area contributed by atoms with Crippen LogP contribution in [0.3, 0.4) is 0 Å². The number of nitrogens with one attached hydrogen (secondary N) is 1. The summed E-state index contributed by atoms with van der Waals surface area (Å²) < 4.78 is 0. The number of likely N-dealkylation sites (N-methyl/N-ethyl adjacent to an activating group) is 1. The molecule has 9 nitrogen and oxygen atoms in total. The predicted octanol–water partition coefficient (Wildman–Crippen LogP) is 2.85. The number of aromatic nitrogens is 5. The van der Waals surface area contributed by atoms with Gasteiger partial charge in [0, 0.05) is 37.2 Å². The minimum atomic E-state index is -1.49. The molecule has 1 aliphatic rings. The van der Waals surface area contributed by atoms with E-state index in [1.54, 1.807) is 48.7 Å². The van der Waals surface area contributed by atoms with Gasteiger partial charge in [0.25, 0.3) is 5.91 Å². The van der Waals surface area contributed by atoms with Gasteiger partial charge >= 0.3 is 0 Å². The Kier molecular flexibility index (Phi) is 5.08. The molecular formula is C22H19N7O2S. The SMILES string of the molecule is CN1CC[C@@](O)(c2cccc(-c3nc(-c4ccnc(Nc5ccnnc5)n4)cs3)c2)C1=O. The van der Waals surface area contributed by atoms with Gasteiger partial charge in [0.2, 0.25) is 5.95 Å². The number of amides is 1. The van der Waals surface area contributed by atoms with Gasteiger partial charge in [0.05, 0.1) is 23.8 Å². The number of benzene rings is 1. The van der Waals surface area contributed by atoms with Crippen LogP contribution >= 0.6 is 11.3 Å². The van der Waals surface area contributed by atoms with Crippen LogP contribution in [0.25, 0.3) is 22.0 Å². The molecule has 1 aliphatic heterocycles. The first-order valence-corrected chi connectivity index (χ1v) is 10.8. The quantitative estimate of drug-likeness (QED) is 0.482. The summed E-state index contributed by atoms with van der Waals surface area (Å²) in [6.07, 6.45) is 5.21. The molecule has 1 saturated heterocycles. The molecule has 160 valence electrons. The molecule has 3 aromatic heterocycles. The van der Waals surface area contributed by atoms with Crippen LogP contribution in [0.2, 0.25) is 0 Å². The van der Waals surface area contributed by atoms with Gasteiger partial charge in [-0.2, -0.15) is 10.2 Å².